The van der Waals surface area contributed by atoms with Gasteiger partial charge < -0.3 is 14.7 Å². The summed E-state index contributed by atoms with van der Waals surface area (Å²) in [6.07, 6.45) is 1.53. The van der Waals surface area contributed by atoms with Gasteiger partial charge in [-0.15, -0.1) is 0 Å². The Kier molecular flexibility index (Phi) is 4.90. The van der Waals surface area contributed by atoms with Crippen LogP contribution in [0.5, 0.6) is 5.75 Å². The highest BCUT2D eigenvalue weighted by Crippen LogP contribution is 2.18. The molecule has 1 N–H and O–H groups in total. The molecule has 0 unspecified atom stereocenters. The third-order valence-corrected chi connectivity index (χ3v) is 2.12. The largest absolute Gasteiger partial charge is 0.489 e. The average Bonchev–Trinajstić information content (AvgIpc) is 2.28. The highest BCUT2D eigenvalue weighted by atomic mass is 16.5. The van der Waals surface area contributed by atoms with Gasteiger partial charge in [0.15, 0.2) is 11.4 Å². The minimum atomic E-state index is -0.254. The summed E-state index contributed by atoms with van der Waals surface area (Å²) in [4.78, 5) is 17.5. The molecule has 0 spiro atoms. The molecule has 0 aliphatic heterocycles. The molecule has 0 radical (unpaired) electrons. The molecule has 0 bridgehead atoms. The molecule has 0 atom stereocenters. The van der Waals surface area contributed by atoms with Crippen LogP contribution < -0.4 is 4.74 Å². The van der Waals surface area contributed by atoms with Crippen LogP contribution in [-0.4, -0.2) is 47.2 Å². The molecule has 0 saturated carbocycles. The molecule has 1 rings (SSSR count). The summed E-state index contributed by atoms with van der Waals surface area (Å²) in [6.45, 7) is 3.98. The van der Waals surface area contributed by atoms with E-state index in [1.165, 1.54) is 4.90 Å². The third-order valence-electron chi connectivity index (χ3n) is 2.12. The number of hydrogen-bond donors (Lipinski definition) is 1. The summed E-state index contributed by atoms with van der Waals surface area (Å²) in [5, 5.41) is 8.80. The number of aliphatic hydroxyl groups excluding tert-OH is 1. The lowest BCUT2D eigenvalue weighted by atomic mass is 10.3. The van der Waals surface area contributed by atoms with Gasteiger partial charge in [-0.05, 0) is 26.0 Å². The fourth-order valence-electron chi connectivity index (χ4n) is 1.33. The van der Waals surface area contributed by atoms with Crippen LogP contribution >= 0.6 is 0 Å². The normalized spacial score (nSPS) is 10.4. The number of aromatic nitrogens is 1. The van der Waals surface area contributed by atoms with E-state index in [0.717, 1.165) is 0 Å². The SMILES string of the molecule is CC(C)Oc1cccnc1C(=O)N(C)CCO. The van der Waals surface area contributed by atoms with Crippen molar-refractivity contribution >= 4 is 5.91 Å². The first-order valence-electron chi connectivity index (χ1n) is 5.54. The van der Waals surface area contributed by atoms with Crippen molar-refractivity contribution in [3.05, 3.63) is 24.0 Å². The van der Waals surface area contributed by atoms with Gasteiger partial charge in [0.25, 0.3) is 5.91 Å². The fraction of sp³-hybridized carbons (Fsp3) is 0.500. The van der Waals surface area contributed by atoms with Gasteiger partial charge in [0.05, 0.1) is 12.7 Å². The Labute approximate surface area is 101 Å². The Morgan fingerprint density at radius 3 is 2.88 bits per heavy atom. The molecule has 5 nitrogen and oxygen atoms in total. The summed E-state index contributed by atoms with van der Waals surface area (Å²) >= 11 is 0. The molecule has 0 fully saturated rings. The van der Waals surface area contributed by atoms with Gasteiger partial charge in [-0.1, -0.05) is 0 Å². The molecule has 17 heavy (non-hydrogen) atoms. The first-order chi connectivity index (χ1) is 8.06. The standard InChI is InChI=1S/C12H18N2O3/c1-9(2)17-10-5-4-6-13-11(10)12(16)14(3)7-8-15/h4-6,9,15H,7-8H2,1-3H3. The smallest absolute Gasteiger partial charge is 0.276 e. The first-order valence-corrected chi connectivity index (χ1v) is 5.54. The average molecular weight is 238 g/mol. The van der Waals surface area contributed by atoms with Crippen molar-refractivity contribution in [2.45, 2.75) is 20.0 Å². The number of carbonyl (C=O) groups is 1. The van der Waals surface area contributed by atoms with E-state index in [1.807, 2.05) is 13.8 Å². The summed E-state index contributed by atoms with van der Waals surface area (Å²) in [7, 11) is 1.62. The number of likely N-dealkylation sites (N-methyl/N-ethyl adjacent to an activating group) is 1. The predicted molar refractivity (Wildman–Crippen MR) is 64.0 cm³/mol. The number of aliphatic hydroxyl groups is 1. The Morgan fingerprint density at radius 2 is 2.29 bits per heavy atom. The van der Waals surface area contributed by atoms with Gasteiger partial charge in [-0.25, -0.2) is 4.98 Å². The van der Waals surface area contributed by atoms with Gasteiger partial charge in [-0.2, -0.15) is 0 Å². The molecule has 94 valence electrons. The van der Waals surface area contributed by atoms with Crippen molar-refractivity contribution in [2.75, 3.05) is 20.2 Å². The Balaban J connectivity index is 2.92. The second-order valence-electron chi connectivity index (χ2n) is 3.97. The van der Waals surface area contributed by atoms with Crippen molar-refractivity contribution in [2.24, 2.45) is 0 Å². The number of rotatable bonds is 5. The highest BCUT2D eigenvalue weighted by molar-refractivity contribution is 5.94. The summed E-state index contributed by atoms with van der Waals surface area (Å²) in [6, 6.07) is 3.44. The third kappa shape index (κ3) is 3.71. The number of nitrogens with zero attached hydrogens (tertiary/aromatic N) is 2. The van der Waals surface area contributed by atoms with Gasteiger partial charge in [-0.3, -0.25) is 4.79 Å². The molecule has 0 aromatic carbocycles. The molecule has 0 saturated heterocycles. The number of hydrogen-bond acceptors (Lipinski definition) is 4. The van der Waals surface area contributed by atoms with E-state index in [-0.39, 0.29) is 30.9 Å². The van der Waals surface area contributed by atoms with Crippen LogP contribution in [-0.2, 0) is 0 Å². The predicted octanol–water partition coefficient (Wildman–Crippen LogP) is 0.933. The second-order valence-corrected chi connectivity index (χ2v) is 3.97. The second kappa shape index (κ2) is 6.20. The molecular formula is C12H18N2O3. The number of pyridine rings is 1. The first kappa shape index (κ1) is 13.4. The van der Waals surface area contributed by atoms with Gasteiger partial charge in [0.2, 0.25) is 0 Å². The molecule has 1 heterocycles. The minimum Gasteiger partial charge on any atom is -0.489 e. The van der Waals surface area contributed by atoms with Crippen LogP contribution in [0.4, 0.5) is 0 Å². The molecule has 0 aliphatic rings. The van der Waals surface area contributed by atoms with Crippen molar-refractivity contribution < 1.29 is 14.6 Å². The van der Waals surface area contributed by atoms with Crippen LogP contribution in [0.2, 0.25) is 0 Å². The van der Waals surface area contributed by atoms with Crippen LogP contribution in [0, 0.1) is 0 Å². The maximum atomic E-state index is 12.0. The van der Waals surface area contributed by atoms with Crippen LogP contribution in [0.1, 0.15) is 24.3 Å². The molecule has 0 aliphatic carbocycles. The zero-order valence-corrected chi connectivity index (χ0v) is 10.4. The number of carbonyl (C=O) groups excluding carboxylic acids is 1. The lowest BCUT2D eigenvalue weighted by Gasteiger charge is -2.18. The lowest BCUT2D eigenvalue weighted by Crippen LogP contribution is -2.30. The Hall–Kier alpha value is -1.62. The molecule has 1 amide bonds. The minimum absolute atomic E-state index is 0.0195. The van der Waals surface area contributed by atoms with Crippen molar-refractivity contribution in [3.8, 4) is 5.75 Å². The quantitative estimate of drug-likeness (QED) is 0.829. The van der Waals surface area contributed by atoms with Gasteiger partial charge in [0.1, 0.15) is 0 Å². The molecule has 1 aromatic heterocycles. The summed E-state index contributed by atoms with van der Waals surface area (Å²) < 4.78 is 5.52. The lowest BCUT2D eigenvalue weighted by molar-refractivity contribution is 0.0754. The van der Waals surface area contributed by atoms with Gasteiger partial charge >= 0.3 is 0 Å². The summed E-state index contributed by atoms with van der Waals surface area (Å²) in [5.74, 6) is 0.215. The molecular weight excluding hydrogens is 220 g/mol. The Bertz CT molecular complexity index is 380. The maximum absolute atomic E-state index is 12.0. The number of ether oxygens (including phenoxy) is 1. The van der Waals surface area contributed by atoms with Crippen LogP contribution in [0.25, 0.3) is 0 Å². The zero-order chi connectivity index (χ0) is 12.8. The van der Waals surface area contributed by atoms with E-state index in [9.17, 15) is 4.79 Å². The van der Waals surface area contributed by atoms with E-state index in [4.69, 9.17) is 9.84 Å². The Morgan fingerprint density at radius 1 is 1.59 bits per heavy atom. The number of amides is 1. The summed E-state index contributed by atoms with van der Waals surface area (Å²) in [5.41, 5.74) is 0.275. The topological polar surface area (TPSA) is 62.7 Å². The fourth-order valence-corrected chi connectivity index (χ4v) is 1.33. The monoisotopic (exact) mass is 238 g/mol. The highest BCUT2D eigenvalue weighted by Gasteiger charge is 2.18. The maximum Gasteiger partial charge on any atom is 0.276 e. The van der Waals surface area contributed by atoms with E-state index < -0.39 is 0 Å². The van der Waals surface area contributed by atoms with Crippen molar-refractivity contribution in [3.63, 3.8) is 0 Å². The van der Waals surface area contributed by atoms with E-state index >= 15 is 0 Å². The van der Waals surface area contributed by atoms with E-state index in [2.05, 4.69) is 4.98 Å². The van der Waals surface area contributed by atoms with E-state index in [0.29, 0.717) is 5.75 Å². The van der Waals surface area contributed by atoms with Crippen LogP contribution in [0.3, 0.4) is 0 Å². The van der Waals surface area contributed by atoms with E-state index in [1.54, 1.807) is 25.4 Å². The van der Waals surface area contributed by atoms with Crippen molar-refractivity contribution in [1.29, 1.82) is 0 Å². The van der Waals surface area contributed by atoms with Crippen molar-refractivity contribution in [1.82, 2.24) is 9.88 Å². The molecule has 5 heteroatoms. The van der Waals surface area contributed by atoms with Crippen LogP contribution in [0.15, 0.2) is 18.3 Å². The van der Waals surface area contributed by atoms with Gasteiger partial charge in [0, 0.05) is 19.8 Å². The molecule has 1 aromatic rings. The zero-order valence-electron chi connectivity index (χ0n) is 10.4.